The van der Waals surface area contributed by atoms with Gasteiger partial charge < -0.3 is 9.88 Å². The SMILES string of the molecule is CCC(C)Cn1ccnc1NC1CCCCC1. The fourth-order valence-electron chi connectivity index (χ4n) is 2.49. The van der Waals surface area contributed by atoms with E-state index in [0.29, 0.717) is 6.04 Å². The molecule has 1 heterocycles. The molecule has 0 aliphatic heterocycles. The van der Waals surface area contributed by atoms with Crippen molar-refractivity contribution in [1.29, 1.82) is 0 Å². The first-order valence-electron chi connectivity index (χ1n) is 7.07. The van der Waals surface area contributed by atoms with Crippen LogP contribution in [0.5, 0.6) is 0 Å². The molecule has 2 rings (SSSR count). The molecule has 0 aromatic carbocycles. The molecule has 1 aromatic heterocycles. The molecule has 0 bridgehead atoms. The minimum atomic E-state index is 0.641. The summed E-state index contributed by atoms with van der Waals surface area (Å²) in [6.45, 7) is 5.62. The molecule has 1 aliphatic carbocycles. The second-order valence-electron chi connectivity index (χ2n) is 5.40. The largest absolute Gasteiger partial charge is 0.353 e. The molecule has 17 heavy (non-hydrogen) atoms. The van der Waals surface area contributed by atoms with Crippen molar-refractivity contribution in [2.24, 2.45) is 5.92 Å². The van der Waals surface area contributed by atoms with E-state index in [2.05, 4.69) is 34.9 Å². The van der Waals surface area contributed by atoms with Crippen LogP contribution in [0.2, 0.25) is 0 Å². The zero-order valence-corrected chi connectivity index (χ0v) is 11.2. The summed E-state index contributed by atoms with van der Waals surface area (Å²) in [5.74, 6) is 1.79. The van der Waals surface area contributed by atoms with Gasteiger partial charge in [-0.2, -0.15) is 0 Å². The van der Waals surface area contributed by atoms with E-state index in [-0.39, 0.29) is 0 Å². The standard InChI is InChI=1S/C14H25N3/c1-3-12(2)11-17-10-9-15-14(17)16-13-7-5-4-6-8-13/h9-10,12-13H,3-8,11H2,1-2H3,(H,15,16). The van der Waals surface area contributed by atoms with Crippen molar-refractivity contribution in [3.05, 3.63) is 12.4 Å². The summed E-state index contributed by atoms with van der Waals surface area (Å²) in [4.78, 5) is 4.45. The Kier molecular flexibility index (Phi) is 4.46. The minimum absolute atomic E-state index is 0.641. The summed E-state index contributed by atoms with van der Waals surface area (Å²) in [5.41, 5.74) is 0. The quantitative estimate of drug-likeness (QED) is 0.844. The maximum absolute atomic E-state index is 4.45. The second-order valence-corrected chi connectivity index (χ2v) is 5.40. The molecule has 3 heteroatoms. The van der Waals surface area contributed by atoms with E-state index in [1.807, 2.05) is 6.20 Å². The van der Waals surface area contributed by atoms with Crippen molar-refractivity contribution in [2.45, 2.75) is 65.0 Å². The first-order chi connectivity index (χ1) is 8.29. The Bertz CT molecular complexity index is 326. The molecule has 1 atom stereocenters. The van der Waals surface area contributed by atoms with Gasteiger partial charge in [-0.1, -0.05) is 39.5 Å². The number of imidazole rings is 1. The van der Waals surface area contributed by atoms with Gasteiger partial charge in [0.25, 0.3) is 0 Å². The first kappa shape index (κ1) is 12.5. The lowest BCUT2D eigenvalue weighted by atomic mass is 9.96. The molecular weight excluding hydrogens is 210 g/mol. The average Bonchev–Trinajstić information content (AvgIpc) is 2.78. The summed E-state index contributed by atoms with van der Waals surface area (Å²) in [6, 6.07) is 0.641. The Hall–Kier alpha value is -0.990. The molecule has 0 saturated heterocycles. The van der Waals surface area contributed by atoms with Crippen LogP contribution in [-0.2, 0) is 6.54 Å². The highest BCUT2D eigenvalue weighted by Gasteiger charge is 2.15. The maximum atomic E-state index is 4.45. The predicted octanol–water partition coefficient (Wildman–Crippen LogP) is 3.67. The highest BCUT2D eigenvalue weighted by atomic mass is 15.2. The van der Waals surface area contributed by atoms with Gasteiger partial charge in [0.2, 0.25) is 5.95 Å². The van der Waals surface area contributed by atoms with Gasteiger partial charge in [-0.05, 0) is 18.8 Å². The van der Waals surface area contributed by atoms with Crippen molar-refractivity contribution in [1.82, 2.24) is 9.55 Å². The molecule has 1 unspecified atom stereocenters. The third kappa shape index (κ3) is 3.48. The number of hydrogen-bond donors (Lipinski definition) is 1. The number of hydrogen-bond acceptors (Lipinski definition) is 2. The van der Waals surface area contributed by atoms with Crippen LogP contribution < -0.4 is 5.32 Å². The third-order valence-electron chi connectivity index (χ3n) is 3.86. The smallest absolute Gasteiger partial charge is 0.202 e. The molecule has 1 aromatic rings. The van der Waals surface area contributed by atoms with Crippen LogP contribution in [-0.4, -0.2) is 15.6 Å². The number of anilines is 1. The van der Waals surface area contributed by atoms with Gasteiger partial charge in [0.05, 0.1) is 0 Å². The van der Waals surface area contributed by atoms with E-state index >= 15 is 0 Å². The maximum Gasteiger partial charge on any atom is 0.202 e. The van der Waals surface area contributed by atoms with Crippen LogP contribution >= 0.6 is 0 Å². The van der Waals surface area contributed by atoms with Gasteiger partial charge in [0.15, 0.2) is 0 Å². The van der Waals surface area contributed by atoms with Crippen molar-refractivity contribution < 1.29 is 0 Å². The fourth-order valence-corrected chi connectivity index (χ4v) is 2.49. The second kappa shape index (κ2) is 6.08. The zero-order valence-electron chi connectivity index (χ0n) is 11.2. The Morgan fingerprint density at radius 1 is 1.41 bits per heavy atom. The normalized spacial score (nSPS) is 19.2. The molecule has 1 aliphatic rings. The highest BCUT2D eigenvalue weighted by molar-refractivity contribution is 5.27. The lowest BCUT2D eigenvalue weighted by molar-refractivity contribution is 0.447. The Balaban J connectivity index is 1.93. The monoisotopic (exact) mass is 235 g/mol. The molecule has 1 saturated carbocycles. The van der Waals surface area contributed by atoms with E-state index < -0.39 is 0 Å². The molecule has 0 amide bonds. The van der Waals surface area contributed by atoms with Crippen LogP contribution in [0.15, 0.2) is 12.4 Å². The molecule has 0 spiro atoms. The van der Waals surface area contributed by atoms with Gasteiger partial charge in [-0.3, -0.25) is 0 Å². The van der Waals surface area contributed by atoms with Gasteiger partial charge in [-0.25, -0.2) is 4.98 Å². The van der Waals surface area contributed by atoms with Gasteiger partial charge in [0, 0.05) is 25.0 Å². The Morgan fingerprint density at radius 2 is 2.18 bits per heavy atom. The molecule has 3 nitrogen and oxygen atoms in total. The summed E-state index contributed by atoms with van der Waals surface area (Å²) in [6.07, 6.45) is 12.0. The van der Waals surface area contributed by atoms with Crippen molar-refractivity contribution >= 4 is 5.95 Å². The molecule has 96 valence electrons. The van der Waals surface area contributed by atoms with E-state index in [9.17, 15) is 0 Å². The van der Waals surface area contributed by atoms with Crippen LogP contribution in [0.1, 0.15) is 52.4 Å². The third-order valence-corrected chi connectivity index (χ3v) is 3.86. The van der Waals surface area contributed by atoms with Crippen LogP contribution in [0.25, 0.3) is 0 Å². The van der Waals surface area contributed by atoms with Crippen LogP contribution in [0.3, 0.4) is 0 Å². The lowest BCUT2D eigenvalue weighted by Crippen LogP contribution is -2.24. The molecule has 1 fully saturated rings. The van der Waals surface area contributed by atoms with Gasteiger partial charge in [-0.15, -0.1) is 0 Å². The molecule has 1 N–H and O–H groups in total. The zero-order chi connectivity index (χ0) is 12.1. The van der Waals surface area contributed by atoms with Crippen molar-refractivity contribution in [3.63, 3.8) is 0 Å². The summed E-state index contributed by atoms with van der Waals surface area (Å²) in [7, 11) is 0. The number of nitrogens with one attached hydrogen (secondary N) is 1. The van der Waals surface area contributed by atoms with E-state index in [0.717, 1.165) is 18.4 Å². The topological polar surface area (TPSA) is 29.9 Å². The molecular formula is C14H25N3. The fraction of sp³-hybridized carbons (Fsp3) is 0.786. The first-order valence-corrected chi connectivity index (χ1v) is 7.07. The van der Waals surface area contributed by atoms with Crippen molar-refractivity contribution in [2.75, 3.05) is 5.32 Å². The van der Waals surface area contributed by atoms with Crippen LogP contribution in [0, 0.1) is 5.92 Å². The van der Waals surface area contributed by atoms with Gasteiger partial charge >= 0.3 is 0 Å². The number of aromatic nitrogens is 2. The molecule has 0 radical (unpaired) electrons. The number of rotatable bonds is 5. The summed E-state index contributed by atoms with van der Waals surface area (Å²) in [5, 5.41) is 3.61. The summed E-state index contributed by atoms with van der Waals surface area (Å²) < 4.78 is 2.27. The van der Waals surface area contributed by atoms with Crippen LogP contribution in [0.4, 0.5) is 5.95 Å². The average molecular weight is 235 g/mol. The van der Waals surface area contributed by atoms with E-state index in [1.54, 1.807) is 0 Å². The minimum Gasteiger partial charge on any atom is -0.353 e. The Morgan fingerprint density at radius 3 is 2.88 bits per heavy atom. The van der Waals surface area contributed by atoms with E-state index in [1.165, 1.54) is 38.5 Å². The Labute approximate surface area is 105 Å². The predicted molar refractivity (Wildman–Crippen MR) is 72.2 cm³/mol. The van der Waals surface area contributed by atoms with Gasteiger partial charge in [0.1, 0.15) is 0 Å². The summed E-state index contributed by atoms with van der Waals surface area (Å²) >= 11 is 0. The lowest BCUT2D eigenvalue weighted by Gasteiger charge is -2.24. The van der Waals surface area contributed by atoms with E-state index in [4.69, 9.17) is 0 Å². The highest BCUT2D eigenvalue weighted by Crippen LogP contribution is 2.21. The number of nitrogens with zero attached hydrogens (tertiary/aromatic N) is 2. The van der Waals surface area contributed by atoms with Crippen molar-refractivity contribution in [3.8, 4) is 0 Å².